The van der Waals surface area contributed by atoms with Gasteiger partial charge >= 0.3 is 0 Å². The number of aryl methyl sites for hydroxylation is 1. The number of anilines is 2. The number of nitrogen functional groups attached to an aromatic ring is 1. The Hall–Kier alpha value is -1.88. The van der Waals surface area contributed by atoms with Crippen LogP contribution in [0.3, 0.4) is 0 Å². The van der Waals surface area contributed by atoms with E-state index < -0.39 is 0 Å². The van der Waals surface area contributed by atoms with Crippen molar-refractivity contribution in [3.8, 4) is 0 Å². The standard InChI is InChI=1S/C13H12BrN3O/c1-8-11(6-7-12(14)16-8)17-13(18)9-4-2-3-5-10(9)15/h2-7H,15H2,1H3,(H,17,18). The highest BCUT2D eigenvalue weighted by Crippen LogP contribution is 2.18. The molecular weight excluding hydrogens is 294 g/mol. The third kappa shape index (κ3) is 2.68. The number of nitrogens with one attached hydrogen (secondary N) is 1. The molecule has 0 fully saturated rings. The number of amides is 1. The quantitative estimate of drug-likeness (QED) is 0.662. The molecule has 0 spiro atoms. The minimum Gasteiger partial charge on any atom is -0.398 e. The summed E-state index contributed by atoms with van der Waals surface area (Å²) >= 11 is 3.28. The van der Waals surface area contributed by atoms with Crippen LogP contribution in [0.2, 0.25) is 0 Å². The van der Waals surface area contributed by atoms with Crippen molar-refractivity contribution in [3.63, 3.8) is 0 Å². The van der Waals surface area contributed by atoms with Gasteiger partial charge in [-0.25, -0.2) is 4.98 Å². The summed E-state index contributed by atoms with van der Waals surface area (Å²) in [4.78, 5) is 16.3. The summed E-state index contributed by atoms with van der Waals surface area (Å²) in [6, 6.07) is 10.5. The first-order valence-electron chi connectivity index (χ1n) is 5.37. The lowest BCUT2D eigenvalue weighted by Gasteiger charge is -2.09. The van der Waals surface area contributed by atoms with E-state index in [9.17, 15) is 4.79 Å². The maximum Gasteiger partial charge on any atom is 0.257 e. The van der Waals surface area contributed by atoms with Crippen LogP contribution in [0, 0.1) is 6.92 Å². The summed E-state index contributed by atoms with van der Waals surface area (Å²) in [5.74, 6) is -0.236. The van der Waals surface area contributed by atoms with Gasteiger partial charge in [0, 0.05) is 5.69 Å². The van der Waals surface area contributed by atoms with Crippen molar-refractivity contribution in [2.75, 3.05) is 11.1 Å². The molecule has 0 saturated carbocycles. The maximum atomic E-state index is 12.0. The topological polar surface area (TPSA) is 68.0 Å². The molecule has 0 aliphatic heterocycles. The zero-order valence-electron chi connectivity index (χ0n) is 9.77. The lowest BCUT2D eigenvalue weighted by molar-refractivity contribution is 0.102. The second-order valence-corrected chi connectivity index (χ2v) is 4.62. The van der Waals surface area contributed by atoms with Crippen LogP contribution in [-0.4, -0.2) is 10.9 Å². The van der Waals surface area contributed by atoms with Crippen LogP contribution < -0.4 is 11.1 Å². The van der Waals surface area contributed by atoms with E-state index in [4.69, 9.17) is 5.73 Å². The molecule has 92 valence electrons. The first kappa shape index (κ1) is 12.6. The molecule has 5 heteroatoms. The maximum absolute atomic E-state index is 12.0. The third-order valence-corrected chi connectivity index (χ3v) is 2.95. The molecular formula is C13H12BrN3O. The van der Waals surface area contributed by atoms with Crippen LogP contribution in [0.4, 0.5) is 11.4 Å². The van der Waals surface area contributed by atoms with Crippen LogP contribution in [0.25, 0.3) is 0 Å². The van der Waals surface area contributed by atoms with Crippen LogP contribution in [-0.2, 0) is 0 Å². The highest BCUT2D eigenvalue weighted by Gasteiger charge is 2.10. The number of hydrogen-bond acceptors (Lipinski definition) is 3. The lowest BCUT2D eigenvalue weighted by atomic mass is 10.1. The van der Waals surface area contributed by atoms with Crippen molar-refractivity contribution in [2.45, 2.75) is 6.92 Å². The Kier molecular flexibility index (Phi) is 3.62. The summed E-state index contributed by atoms with van der Waals surface area (Å²) in [6.07, 6.45) is 0. The van der Waals surface area contributed by atoms with Gasteiger partial charge in [-0.15, -0.1) is 0 Å². The van der Waals surface area contributed by atoms with Gasteiger partial charge in [0.25, 0.3) is 5.91 Å². The molecule has 1 heterocycles. The van der Waals surface area contributed by atoms with Gasteiger partial charge in [0.1, 0.15) is 4.60 Å². The second kappa shape index (κ2) is 5.18. The zero-order valence-corrected chi connectivity index (χ0v) is 11.4. The normalized spacial score (nSPS) is 10.1. The van der Waals surface area contributed by atoms with E-state index in [1.54, 1.807) is 36.4 Å². The van der Waals surface area contributed by atoms with E-state index in [0.29, 0.717) is 16.9 Å². The fourth-order valence-electron chi connectivity index (χ4n) is 1.56. The fraction of sp³-hybridized carbons (Fsp3) is 0.0769. The Morgan fingerprint density at radius 1 is 1.28 bits per heavy atom. The van der Waals surface area contributed by atoms with E-state index in [1.165, 1.54) is 0 Å². The van der Waals surface area contributed by atoms with Crippen molar-refractivity contribution in [3.05, 3.63) is 52.3 Å². The number of nitrogens with two attached hydrogens (primary N) is 1. The summed E-state index contributed by atoms with van der Waals surface area (Å²) in [5, 5.41) is 2.79. The molecule has 0 radical (unpaired) electrons. The zero-order chi connectivity index (χ0) is 13.1. The number of hydrogen-bond donors (Lipinski definition) is 2. The molecule has 0 saturated heterocycles. The molecule has 3 N–H and O–H groups in total. The average Bonchev–Trinajstić information content (AvgIpc) is 2.33. The first-order valence-corrected chi connectivity index (χ1v) is 6.16. The SMILES string of the molecule is Cc1nc(Br)ccc1NC(=O)c1ccccc1N. The van der Waals surface area contributed by atoms with Gasteiger partial charge in [-0.1, -0.05) is 12.1 Å². The third-order valence-electron chi connectivity index (χ3n) is 2.51. The number of pyridine rings is 1. The van der Waals surface area contributed by atoms with Crippen LogP contribution in [0.5, 0.6) is 0 Å². The van der Waals surface area contributed by atoms with Crippen molar-refractivity contribution in [2.24, 2.45) is 0 Å². The summed E-state index contributed by atoms with van der Waals surface area (Å²) in [6.45, 7) is 1.83. The predicted octanol–water partition coefficient (Wildman–Crippen LogP) is 2.99. The van der Waals surface area contributed by atoms with Crippen molar-refractivity contribution < 1.29 is 4.79 Å². The van der Waals surface area contributed by atoms with E-state index in [-0.39, 0.29) is 5.91 Å². The molecule has 0 aliphatic carbocycles. The molecule has 1 aromatic carbocycles. The monoisotopic (exact) mass is 305 g/mol. The van der Waals surface area contributed by atoms with Gasteiger partial charge in [-0.3, -0.25) is 4.79 Å². The number of rotatable bonds is 2. The number of carbonyl (C=O) groups excluding carboxylic acids is 1. The van der Waals surface area contributed by atoms with Crippen LogP contribution in [0.1, 0.15) is 16.1 Å². The Morgan fingerprint density at radius 3 is 2.67 bits per heavy atom. The summed E-state index contributed by atoms with van der Waals surface area (Å²) in [5.41, 5.74) is 8.08. The smallest absolute Gasteiger partial charge is 0.257 e. The van der Waals surface area contributed by atoms with E-state index >= 15 is 0 Å². The Bertz CT molecular complexity index is 599. The second-order valence-electron chi connectivity index (χ2n) is 3.81. The van der Waals surface area contributed by atoms with Crippen LogP contribution in [0.15, 0.2) is 41.0 Å². The minimum absolute atomic E-state index is 0.236. The van der Waals surface area contributed by atoms with E-state index in [0.717, 1.165) is 10.3 Å². The van der Waals surface area contributed by atoms with Gasteiger partial charge < -0.3 is 11.1 Å². The Labute approximate surface area is 113 Å². The summed E-state index contributed by atoms with van der Waals surface area (Å²) < 4.78 is 0.734. The molecule has 0 aliphatic rings. The molecule has 4 nitrogen and oxygen atoms in total. The number of aromatic nitrogens is 1. The van der Waals surface area contributed by atoms with Gasteiger partial charge in [0.05, 0.1) is 16.9 Å². The van der Waals surface area contributed by atoms with Gasteiger partial charge in [0.2, 0.25) is 0 Å². The number of carbonyl (C=O) groups is 1. The van der Waals surface area contributed by atoms with Gasteiger partial charge in [-0.2, -0.15) is 0 Å². The van der Waals surface area contributed by atoms with E-state index in [2.05, 4.69) is 26.2 Å². The molecule has 0 atom stereocenters. The number of nitrogens with zero attached hydrogens (tertiary/aromatic N) is 1. The van der Waals surface area contributed by atoms with Gasteiger partial charge in [-0.05, 0) is 47.1 Å². The molecule has 18 heavy (non-hydrogen) atoms. The van der Waals surface area contributed by atoms with Crippen molar-refractivity contribution in [1.29, 1.82) is 0 Å². The highest BCUT2D eigenvalue weighted by molar-refractivity contribution is 9.10. The molecule has 2 rings (SSSR count). The molecule has 1 amide bonds. The molecule has 1 aromatic heterocycles. The lowest BCUT2D eigenvalue weighted by Crippen LogP contribution is -2.15. The van der Waals surface area contributed by atoms with Crippen molar-refractivity contribution in [1.82, 2.24) is 4.98 Å². The highest BCUT2D eigenvalue weighted by atomic mass is 79.9. The van der Waals surface area contributed by atoms with Crippen molar-refractivity contribution >= 4 is 33.2 Å². The average molecular weight is 306 g/mol. The fourth-order valence-corrected chi connectivity index (χ4v) is 1.95. The van der Waals surface area contributed by atoms with E-state index in [1.807, 2.05) is 6.92 Å². The predicted molar refractivity (Wildman–Crippen MR) is 75.5 cm³/mol. The Balaban J connectivity index is 2.24. The largest absolute Gasteiger partial charge is 0.398 e. The molecule has 0 unspecified atom stereocenters. The minimum atomic E-state index is -0.236. The van der Waals surface area contributed by atoms with Gasteiger partial charge in [0.15, 0.2) is 0 Å². The summed E-state index contributed by atoms with van der Waals surface area (Å²) in [7, 11) is 0. The molecule has 0 bridgehead atoms. The number of para-hydroxylation sites is 1. The number of benzene rings is 1. The molecule has 2 aromatic rings. The first-order chi connectivity index (χ1) is 8.58. The van der Waals surface area contributed by atoms with Crippen LogP contribution >= 0.6 is 15.9 Å². The Morgan fingerprint density at radius 2 is 2.00 bits per heavy atom. The number of halogens is 1.